The summed E-state index contributed by atoms with van der Waals surface area (Å²) in [5.74, 6) is -2.96. The van der Waals surface area contributed by atoms with Gasteiger partial charge in [-0.3, -0.25) is 44.4 Å². The van der Waals surface area contributed by atoms with Crippen LogP contribution in [0.5, 0.6) is 5.75 Å². The van der Waals surface area contributed by atoms with Crippen molar-refractivity contribution in [3.05, 3.63) is 29.3 Å². The maximum absolute atomic E-state index is 13.1. The van der Waals surface area contributed by atoms with Gasteiger partial charge in [-0.15, -0.1) is 0 Å². The highest BCUT2D eigenvalue weighted by Crippen LogP contribution is 2.33. The quantitative estimate of drug-likeness (QED) is 0.141. The average molecular weight is 559 g/mol. The molecule has 40 heavy (non-hydrogen) atoms. The molecule has 0 spiro atoms. The smallest absolute Gasteiger partial charge is 0.266 e. The second-order valence-electron chi connectivity index (χ2n) is 10.2. The van der Waals surface area contributed by atoms with E-state index < -0.39 is 35.6 Å². The fraction of sp³-hybridized carbons (Fsp3) is 0.556. The Balaban J connectivity index is 1.49. The molecule has 0 radical (unpaired) electrons. The van der Waals surface area contributed by atoms with Gasteiger partial charge in [-0.1, -0.05) is 13.0 Å². The number of hydrogen-bond acceptors (Lipinski definition) is 9. The average Bonchev–Trinajstić information content (AvgIpc) is 3.16. The van der Waals surface area contributed by atoms with Gasteiger partial charge in [0.1, 0.15) is 11.8 Å². The first kappa shape index (κ1) is 30.7. The minimum atomic E-state index is -1.09. The number of amides is 6. The maximum Gasteiger partial charge on any atom is 0.266 e. The Labute approximate surface area is 233 Å². The van der Waals surface area contributed by atoms with Gasteiger partial charge < -0.3 is 15.4 Å². The Hall–Kier alpha value is -3.84. The molecule has 3 atom stereocenters. The van der Waals surface area contributed by atoms with E-state index in [9.17, 15) is 28.8 Å². The van der Waals surface area contributed by atoms with Gasteiger partial charge in [-0.05, 0) is 51.2 Å². The number of carbonyl (C=O) groups excluding carboxylic acids is 6. The summed E-state index contributed by atoms with van der Waals surface area (Å²) in [5, 5.41) is 9.84. The first-order valence-corrected chi connectivity index (χ1v) is 13.5. The minimum Gasteiger partial charge on any atom is -0.483 e. The SMILES string of the molecule is CCC(C)N[C@@H](CCCCNC(=O)COc1cccc2c1C(=O)N(C1CCC(=O)NC1=O)C2=O)C(=O)NN(C)C. The van der Waals surface area contributed by atoms with Crippen LogP contribution in [0.25, 0.3) is 0 Å². The fourth-order valence-corrected chi connectivity index (χ4v) is 4.55. The molecule has 0 bridgehead atoms. The van der Waals surface area contributed by atoms with Crippen LogP contribution in [0.15, 0.2) is 18.2 Å². The van der Waals surface area contributed by atoms with E-state index in [2.05, 4.69) is 21.4 Å². The highest BCUT2D eigenvalue weighted by molar-refractivity contribution is 6.24. The van der Waals surface area contributed by atoms with Crippen LogP contribution < -0.4 is 26.1 Å². The second-order valence-corrected chi connectivity index (χ2v) is 10.2. The monoisotopic (exact) mass is 558 g/mol. The Morgan fingerprint density at radius 3 is 2.58 bits per heavy atom. The van der Waals surface area contributed by atoms with Crippen LogP contribution in [-0.2, 0) is 19.2 Å². The van der Waals surface area contributed by atoms with Crippen molar-refractivity contribution in [2.24, 2.45) is 0 Å². The summed E-state index contributed by atoms with van der Waals surface area (Å²) in [5.41, 5.74) is 2.84. The molecule has 1 saturated heterocycles. The summed E-state index contributed by atoms with van der Waals surface area (Å²) < 4.78 is 5.59. The van der Waals surface area contributed by atoms with Crippen molar-refractivity contribution in [1.82, 2.24) is 31.3 Å². The lowest BCUT2D eigenvalue weighted by molar-refractivity contribution is -0.136. The molecular weight excluding hydrogens is 520 g/mol. The number of fused-ring (bicyclic) bond motifs is 1. The summed E-state index contributed by atoms with van der Waals surface area (Å²) in [6.07, 6.45) is 2.91. The molecule has 2 aliphatic rings. The van der Waals surface area contributed by atoms with Gasteiger partial charge >= 0.3 is 0 Å². The number of imide groups is 2. The lowest BCUT2D eigenvalue weighted by atomic mass is 10.0. The summed E-state index contributed by atoms with van der Waals surface area (Å²) in [4.78, 5) is 75.5. The fourth-order valence-electron chi connectivity index (χ4n) is 4.55. The number of ether oxygens (including phenoxy) is 1. The first-order chi connectivity index (χ1) is 19.0. The molecule has 2 aliphatic heterocycles. The van der Waals surface area contributed by atoms with Gasteiger partial charge in [0.15, 0.2) is 6.61 Å². The molecule has 2 heterocycles. The molecule has 1 fully saturated rings. The number of nitrogens with zero attached hydrogens (tertiary/aromatic N) is 2. The molecule has 1 aromatic carbocycles. The molecule has 4 N–H and O–H groups in total. The van der Waals surface area contributed by atoms with Crippen molar-refractivity contribution in [1.29, 1.82) is 0 Å². The lowest BCUT2D eigenvalue weighted by Gasteiger charge is -2.27. The highest BCUT2D eigenvalue weighted by atomic mass is 16.5. The predicted octanol–water partition coefficient (Wildman–Crippen LogP) is 0.103. The number of unbranched alkanes of at least 4 members (excludes halogenated alkanes) is 1. The van der Waals surface area contributed by atoms with Crippen LogP contribution in [0.1, 0.15) is 73.1 Å². The predicted molar refractivity (Wildman–Crippen MR) is 144 cm³/mol. The van der Waals surface area contributed by atoms with E-state index in [1.54, 1.807) is 19.1 Å². The van der Waals surface area contributed by atoms with Crippen molar-refractivity contribution in [2.75, 3.05) is 27.2 Å². The number of benzene rings is 1. The Morgan fingerprint density at radius 1 is 1.15 bits per heavy atom. The van der Waals surface area contributed by atoms with Gasteiger partial charge in [0.25, 0.3) is 23.6 Å². The number of carbonyl (C=O) groups is 6. The van der Waals surface area contributed by atoms with Crippen LogP contribution >= 0.6 is 0 Å². The van der Waals surface area contributed by atoms with Crippen molar-refractivity contribution in [2.45, 2.75) is 70.5 Å². The number of piperidine rings is 1. The topological polar surface area (TPSA) is 166 Å². The van der Waals surface area contributed by atoms with Crippen LogP contribution in [-0.4, -0.2) is 90.7 Å². The molecule has 0 saturated carbocycles. The molecule has 13 nitrogen and oxygen atoms in total. The summed E-state index contributed by atoms with van der Waals surface area (Å²) in [7, 11) is 3.50. The number of hydrazine groups is 1. The van der Waals surface area contributed by atoms with E-state index in [1.165, 1.54) is 18.2 Å². The van der Waals surface area contributed by atoms with E-state index in [0.717, 1.165) is 11.3 Å². The lowest BCUT2D eigenvalue weighted by Crippen LogP contribution is -2.54. The van der Waals surface area contributed by atoms with Gasteiger partial charge in [0.2, 0.25) is 11.8 Å². The number of hydrogen-bond donors (Lipinski definition) is 4. The van der Waals surface area contributed by atoms with Gasteiger partial charge in [0.05, 0.1) is 17.2 Å². The van der Waals surface area contributed by atoms with E-state index in [0.29, 0.717) is 25.8 Å². The number of rotatable bonds is 14. The van der Waals surface area contributed by atoms with E-state index in [1.807, 2.05) is 13.8 Å². The Kier molecular flexibility index (Phi) is 10.7. The zero-order valence-corrected chi connectivity index (χ0v) is 23.4. The molecule has 218 valence electrons. The molecule has 13 heteroatoms. The minimum absolute atomic E-state index is 0.0131. The van der Waals surface area contributed by atoms with Gasteiger partial charge in [-0.2, -0.15) is 0 Å². The van der Waals surface area contributed by atoms with Gasteiger partial charge in [-0.25, -0.2) is 5.01 Å². The van der Waals surface area contributed by atoms with Gasteiger partial charge in [0, 0.05) is 33.1 Å². The summed E-state index contributed by atoms with van der Waals surface area (Å²) in [6, 6.07) is 3.21. The third-order valence-electron chi connectivity index (χ3n) is 6.78. The Bertz CT molecular complexity index is 1150. The van der Waals surface area contributed by atoms with E-state index in [-0.39, 0.29) is 54.3 Å². The molecule has 6 amide bonds. The highest BCUT2D eigenvalue weighted by Gasteiger charge is 2.46. The molecule has 0 aromatic heterocycles. The van der Waals surface area contributed by atoms with E-state index in [4.69, 9.17) is 4.74 Å². The summed E-state index contributed by atoms with van der Waals surface area (Å²) >= 11 is 0. The zero-order chi connectivity index (χ0) is 29.4. The largest absolute Gasteiger partial charge is 0.483 e. The van der Waals surface area contributed by atoms with Crippen molar-refractivity contribution in [3.8, 4) is 5.75 Å². The molecule has 0 aliphatic carbocycles. The van der Waals surface area contributed by atoms with Crippen LogP contribution in [0.2, 0.25) is 0 Å². The van der Waals surface area contributed by atoms with Crippen molar-refractivity contribution < 1.29 is 33.5 Å². The maximum atomic E-state index is 13.1. The molecule has 3 rings (SSSR count). The van der Waals surface area contributed by atoms with Crippen LogP contribution in [0.3, 0.4) is 0 Å². The molecular formula is C27H38N6O7. The van der Waals surface area contributed by atoms with E-state index >= 15 is 0 Å². The molecule has 1 aromatic rings. The normalized spacial score (nSPS) is 18.3. The summed E-state index contributed by atoms with van der Waals surface area (Å²) in [6.45, 7) is 4.07. The van der Waals surface area contributed by atoms with Crippen molar-refractivity contribution >= 4 is 35.4 Å². The van der Waals surface area contributed by atoms with Crippen LogP contribution in [0, 0.1) is 0 Å². The third-order valence-corrected chi connectivity index (χ3v) is 6.78. The second kappa shape index (κ2) is 14.0. The number of nitrogens with one attached hydrogen (secondary N) is 4. The molecule has 2 unspecified atom stereocenters. The standard InChI is InChI=1S/C27H38N6O7/c1-5-16(2)29-18(24(36)31-32(3)4)10-6-7-14-28-22(35)15-40-20-11-8-9-17-23(20)27(39)33(26(17)38)19-12-13-21(34)30-25(19)37/h8-9,11,16,18-19,29H,5-7,10,12-15H2,1-4H3,(H,28,35)(H,31,36)(H,30,34,37)/t16?,18-,19?/m0/s1. The zero-order valence-electron chi connectivity index (χ0n) is 23.4. The first-order valence-electron chi connectivity index (χ1n) is 13.5. The van der Waals surface area contributed by atoms with Crippen molar-refractivity contribution in [3.63, 3.8) is 0 Å². The Morgan fingerprint density at radius 2 is 1.90 bits per heavy atom. The third kappa shape index (κ3) is 7.63. The van der Waals surface area contributed by atoms with Crippen LogP contribution in [0.4, 0.5) is 0 Å².